The molecule has 0 aliphatic carbocycles. The third kappa shape index (κ3) is 10.4. The second kappa shape index (κ2) is 18.9. The van der Waals surface area contributed by atoms with E-state index in [0.717, 1.165) is 11.0 Å². The van der Waals surface area contributed by atoms with Crippen LogP contribution in [-0.2, 0) is 19.7 Å². The third-order valence-corrected chi connectivity index (χ3v) is 9.78. The highest BCUT2D eigenvalue weighted by Gasteiger charge is 2.61. The van der Waals surface area contributed by atoms with Crippen LogP contribution in [0.15, 0.2) is 54.6 Å². The molecule has 55 heavy (non-hydrogen) atoms. The van der Waals surface area contributed by atoms with Crippen LogP contribution in [-0.4, -0.2) is 93.7 Å². The lowest BCUT2D eigenvalue weighted by Gasteiger charge is -2.37. The van der Waals surface area contributed by atoms with Crippen molar-refractivity contribution in [2.45, 2.75) is 50.6 Å². The minimum absolute atomic E-state index is 0.0477. The first-order chi connectivity index (χ1) is 26.0. The molecule has 4 N–H and O–H groups in total. The molecule has 1 heterocycles. The van der Waals surface area contributed by atoms with Crippen molar-refractivity contribution in [1.82, 2.24) is 15.5 Å². The fourth-order valence-electron chi connectivity index (χ4n) is 6.66. The maximum absolute atomic E-state index is 16.0. The van der Waals surface area contributed by atoms with E-state index in [1.54, 1.807) is 0 Å². The van der Waals surface area contributed by atoms with Crippen LogP contribution in [0.5, 0.6) is 5.75 Å². The minimum Gasteiger partial charge on any atom is -0.495 e. The number of ether oxygens (including phenoxy) is 3. The van der Waals surface area contributed by atoms with Gasteiger partial charge in [-0.2, -0.15) is 5.26 Å². The number of carbonyl (C=O) groups is 3. The number of carboxylic acid groups (broad SMARTS) is 1. The minimum atomic E-state index is -1.81. The number of nitriles is 1. The van der Waals surface area contributed by atoms with Crippen molar-refractivity contribution in [3.8, 4) is 11.8 Å². The van der Waals surface area contributed by atoms with Gasteiger partial charge in [0, 0.05) is 48.2 Å². The van der Waals surface area contributed by atoms with Gasteiger partial charge >= 0.3 is 6.09 Å². The van der Waals surface area contributed by atoms with E-state index in [-0.39, 0.29) is 77.7 Å². The fraction of sp³-hybridized carbons (Fsp3) is 0.436. The molecule has 1 saturated heterocycles. The highest BCUT2D eigenvalue weighted by Crippen LogP contribution is 2.53. The number of anilines is 1. The van der Waals surface area contributed by atoms with Crippen molar-refractivity contribution < 1.29 is 42.5 Å². The summed E-state index contributed by atoms with van der Waals surface area (Å²) in [5.74, 6) is -3.85. The number of hydrogen-bond donors (Lipinski definition) is 4. The summed E-state index contributed by atoms with van der Waals surface area (Å²) in [4.78, 5) is 39.2. The zero-order chi connectivity index (χ0) is 40.5. The first kappa shape index (κ1) is 43.2. The van der Waals surface area contributed by atoms with Crippen LogP contribution in [0.4, 0.5) is 19.3 Å². The van der Waals surface area contributed by atoms with Crippen molar-refractivity contribution in [2.24, 2.45) is 5.41 Å². The summed E-state index contributed by atoms with van der Waals surface area (Å²) in [5.41, 5.74) is -1.91. The van der Waals surface area contributed by atoms with Crippen LogP contribution in [0.3, 0.4) is 0 Å². The Kier molecular flexibility index (Phi) is 14.8. The number of hydrogen-bond acceptors (Lipinski definition) is 8. The largest absolute Gasteiger partial charge is 0.495 e. The number of nitrogens with one attached hydrogen (secondary N) is 3. The molecule has 3 amide bonds. The SMILES string of the molecule is COc1cc(C(=O)NCCOCCOCCN(C)C(=O)O)ccc1NC(=O)[C@@H]1N[C@@H](CC(C)(C)C)[C@](C#N)(c2ccc(Cl)cc2F)[C@H]1c1cccc(Cl)c1F. The first-order valence-electron chi connectivity index (χ1n) is 17.5. The van der Waals surface area contributed by atoms with Crippen molar-refractivity contribution in [1.29, 1.82) is 5.26 Å². The molecule has 4 rings (SSSR count). The maximum atomic E-state index is 16.0. The van der Waals surface area contributed by atoms with Gasteiger partial charge in [0.2, 0.25) is 5.91 Å². The Morgan fingerprint density at radius 2 is 1.75 bits per heavy atom. The summed E-state index contributed by atoms with van der Waals surface area (Å²) >= 11 is 12.4. The molecule has 1 aliphatic rings. The Labute approximate surface area is 329 Å². The summed E-state index contributed by atoms with van der Waals surface area (Å²) in [6.45, 7) is 7.15. The molecule has 0 radical (unpaired) electrons. The van der Waals surface area contributed by atoms with Gasteiger partial charge in [-0.05, 0) is 53.8 Å². The lowest BCUT2D eigenvalue weighted by Crippen LogP contribution is -2.45. The molecule has 12 nitrogen and oxygen atoms in total. The van der Waals surface area contributed by atoms with E-state index in [9.17, 15) is 19.6 Å². The van der Waals surface area contributed by atoms with Crippen molar-refractivity contribution in [3.63, 3.8) is 0 Å². The van der Waals surface area contributed by atoms with Gasteiger partial charge in [0.1, 0.15) is 22.8 Å². The third-order valence-electron chi connectivity index (χ3n) is 9.25. The predicted octanol–water partition coefficient (Wildman–Crippen LogP) is 6.61. The van der Waals surface area contributed by atoms with Gasteiger partial charge in [0.05, 0.1) is 56.4 Å². The van der Waals surface area contributed by atoms with Crippen molar-refractivity contribution in [2.75, 3.05) is 59.0 Å². The number of benzene rings is 3. The van der Waals surface area contributed by atoms with Crippen LogP contribution >= 0.6 is 23.2 Å². The highest BCUT2D eigenvalue weighted by molar-refractivity contribution is 6.31. The lowest BCUT2D eigenvalue weighted by molar-refractivity contribution is -0.118. The second-order valence-corrected chi connectivity index (χ2v) is 15.1. The summed E-state index contributed by atoms with van der Waals surface area (Å²) in [7, 11) is 2.81. The van der Waals surface area contributed by atoms with E-state index in [2.05, 4.69) is 22.0 Å². The Hall–Kier alpha value is -4.52. The monoisotopic (exact) mass is 803 g/mol. The molecule has 4 atom stereocenters. The van der Waals surface area contributed by atoms with Crippen molar-refractivity contribution >= 4 is 46.8 Å². The van der Waals surface area contributed by atoms with Crippen LogP contribution in [0.25, 0.3) is 0 Å². The summed E-state index contributed by atoms with van der Waals surface area (Å²) in [5, 5.41) is 28.6. The van der Waals surface area contributed by atoms with Crippen LogP contribution in [0.2, 0.25) is 10.0 Å². The van der Waals surface area contributed by atoms with Gasteiger partial charge < -0.3 is 40.2 Å². The molecular weight excluding hydrogens is 759 g/mol. The van der Waals surface area contributed by atoms with E-state index in [4.69, 9.17) is 42.5 Å². The fourth-order valence-corrected chi connectivity index (χ4v) is 7.00. The first-order valence-corrected chi connectivity index (χ1v) is 18.2. The normalized spacial score (nSPS) is 19.4. The molecule has 1 aliphatic heterocycles. The molecule has 0 unspecified atom stereocenters. The number of rotatable bonds is 16. The topological polar surface area (TPSA) is 162 Å². The van der Waals surface area contributed by atoms with Crippen LogP contribution in [0, 0.1) is 28.4 Å². The summed E-state index contributed by atoms with van der Waals surface area (Å²) in [6.07, 6.45) is -0.750. The van der Waals surface area contributed by atoms with E-state index in [0.29, 0.717) is 6.42 Å². The van der Waals surface area contributed by atoms with Gasteiger partial charge in [0.15, 0.2) is 0 Å². The number of methoxy groups -OCH3 is 1. The van der Waals surface area contributed by atoms with Crippen LogP contribution in [0.1, 0.15) is 54.6 Å². The van der Waals surface area contributed by atoms with Crippen molar-refractivity contribution in [3.05, 3.63) is 93.0 Å². The molecule has 3 aromatic rings. The molecule has 0 aromatic heterocycles. The Morgan fingerprint density at radius 3 is 2.38 bits per heavy atom. The molecule has 0 spiro atoms. The molecule has 3 aromatic carbocycles. The number of carbonyl (C=O) groups excluding carboxylic acids is 2. The molecular formula is C39H45Cl2F2N5O7. The van der Waals surface area contributed by atoms with Gasteiger partial charge in [-0.1, -0.05) is 62.2 Å². The predicted molar refractivity (Wildman–Crippen MR) is 204 cm³/mol. The van der Waals surface area contributed by atoms with Gasteiger partial charge in [0.25, 0.3) is 5.91 Å². The van der Waals surface area contributed by atoms with Gasteiger partial charge in [-0.25, -0.2) is 13.6 Å². The average molecular weight is 805 g/mol. The number of amides is 3. The standard InChI is InChI=1S/C39H45Cl2F2N5O7/c1-38(2,3)21-31-39(22-44,26-11-10-24(40)20-28(26)42)32(25-7-6-8-27(41)33(25)43)34(47-31)36(50)46-29-12-9-23(19-30(29)53-5)35(49)45-13-15-54-17-18-55-16-14-48(4)37(51)52/h6-12,19-20,31-32,34,47H,13-18,21H2,1-5H3,(H,45,49)(H,46,50)(H,51,52)/t31-,32-,34+,39-/m0/s1. The quantitative estimate of drug-likeness (QED) is 0.117. The Bertz CT molecular complexity index is 1910. The van der Waals surface area contributed by atoms with E-state index in [1.807, 2.05) is 20.8 Å². The highest BCUT2D eigenvalue weighted by atomic mass is 35.5. The zero-order valence-electron chi connectivity index (χ0n) is 31.2. The molecule has 16 heteroatoms. The molecule has 0 saturated carbocycles. The maximum Gasteiger partial charge on any atom is 0.407 e. The summed E-state index contributed by atoms with van der Waals surface area (Å²) < 4.78 is 48.3. The van der Waals surface area contributed by atoms with E-state index >= 15 is 8.78 Å². The molecule has 0 bridgehead atoms. The lowest BCUT2D eigenvalue weighted by atomic mass is 9.62. The number of nitrogens with zero attached hydrogens (tertiary/aromatic N) is 2. The van der Waals surface area contributed by atoms with Gasteiger partial charge in [-0.3, -0.25) is 9.59 Å². The van der Waals surface area contributed by atoms with Gasteiger partial charge in [-0.15, -0.1) is 0 Å². The number of halogens is 4. The summed E-state index contributed by atoms with van der Waals surface area (Å²) in [6, 6.07) is 12.8. The van der Waals surface area contributed by atoms with E-state index in [1.165, 1.54) is 62.7 Å². The Morgan fingerprint density at radius 1 is 1.04 bits per heavy atom. The zero-order valence-corrected chi connectivity index (χ0v) is 32.7. The molecule has 1 fully saturated rings. The Balaban J connectivity index is 1.55. The van der Waals surface area contributed by atoms with Crippen LogP contribution < -0.4 is 20.7 Å². The average Bonchev–Trinajstić information content (AvgIpc) is 3.44. The number of likely N-dealkylation sites (N-methyl/N-ethyl adjacent to an activating group) is 1. The molecule has 296 valence electrons. The second-order valence-electron chi connectivity index (χ2n) is 14.3. The van der Waals surface area contributed by atoms with E-state index < -0.39 is 58.4 Å². The smallest absolute Gasteiger partial charge is 0.407 e.